The van der Waals surface area contributed by atoms with Crippen molar-refractivity contribution in [3.63, 3.8) is 0 Å². The highest BCUT2D eigenvalue weighted by Gasteiger charge is 2.20. The Hall–Kier alpha value is -2.19. The molecule has 7 nitrogen and oxygen atoms in total. The first-order chi connectivity index (χ1) is 12.8. The number of rotatable bonds is 6. The van der Waals surface area contributed by atoms with Crippen molar-refractivity contribution in [1.29, 1.82) is 0 Å². The minimum absolute atomic E-state index is 0.0426. The van der Waals surface area contributed by atoms with Crippen LogP contribution in [0.4, 0.5) is 0 Å². The Morgan fingerprint density at radius 1 is 1.15 bits per heavy atom. The number of hydrogen-bond acceptors (Lipinski definition) is 4. The number of aromatic amines is 1. The SMILES string of the molecule is CC1CCC(NC(=O)CCNS(=O)(=O)c2ccc3[nH]c(=O)ccc3c2)CC1. The molecule has 1 aromatic heterocycles. The van der Waals surface area contributed by atoms with Crippen LogP contribution in [0.25, 0.3) is 10.9 Å². The van der Waals surface area contributed by atoms with Crippen LogP contribution in [0, 0.1) is 5.92 Å². The van der Waals surface area contributed by atoms with Crippen LogP contribution in [0.15, 0.2) is 40.0 Å². The second-order valence-corrected chi connectivity index (χ2v) is 9.01. The molecule has 146 valence electrons. The van der Waals surface area contributed by atoms with E-state index >= 15 is 0 Å². The predicted octanol–water partition coefficient (Wildman–Crippen LogP) is 1.89. The molecule has 0 radical (unpaired) electrons. The first-order valence-electron chi connectivity index (χ1n) is 9.25. The van der Waals surface area contributed by atoms with Crippen molar-refractivity contribution in [3.05, 3.63) is 40.7 Å². The van der Waals surface area contributed by atoms with Crippen molar-refractivity contribution in [2.75, 3.05) is 6.54 Å². The first kappa shape index (κ1) is 19.6. The molecule has 0 spiro atoms. The predicted molar refractivity (Wildman–Crippen MR) is 104 cm³/mol. The third kappa shape index (κ3) is 5.17. The summed E-state index contributed by atoms with van der Waals surface area (Å²) in [7, 11) is -3.72. The summed E-state index contributed by atoms with van der Waals surface area (Å²) < 4.78 is 27.3. The van der Waals surface area contributed by atoms with E-state index in [-0.39, 0.29) is 35.4 Å². The van der Waals surface area contributed by atoms with E-state index < -0.39 is 10.0 Å². The topological polar surface area (TPSA) is 108 Å². The summed E-state index contributed by atoms with van der Waals surface area (Å²) in [6.07, 6.45) is 4.30. The van der Waals surface area contributed by atoms with E-state index in [1.165, 1.54) is 18.2 Å². The van der Waals surface area contributed by atoms with E-state index in [0.717, 1.165) is 25.7 Å². The molecule has 8 heteroatoms. The average molecular weight is 391 g/mol. The molecule has 2 aromatic rings. The van der Waals surface area contributed by atoms with E-state index in [4.69, 9.17) is 0 Å². The highest BCUT2D eigenvalue weighted by molar-refractivity contribution is 7.89. The van der Waals surface area contributed by atoms with Crippen LogP contribution in [0.5, 0.6) is 0 Å². The van der Waals surface area contributed by atoms with Crippen LogP contribution in [0.2, 0.25) is 0 Å². The molecule has 0 atom stereocenters. The van der Waals surface area contributed by atoms with Crippen LogP contribution in [0.3, 0.4) is 0 Å². The Kier molecular flexibility index (Phi) is 5.96. The monoisotopic (exact) mass is 391 g/mol. The number of H-pyrrole nitrogens is 1. The largest absolute Gasteiger partial charge is 0.353 e. The summed E-state index contributed by atoms with van der Waals surface area (Å²) in [6.45, 7) is 2.26. The lowest BCUT2D eigenvalue weighted by Gasteiger charge is -2.26. The lowest BCUT2D eigenvalue weighted by atomic mass is 9.87. The number of sulfonamides is 1. The third-order valence-corrected chi connectivity index (χ3v) is 6.49. The van der Waals surface area contributed by atoms with Gasteiger partial charge >= 0.3 is 0 Å². The van der Waals surface area contributed by atoms with Gasteiger partial charge in [-0.1, -0.05) is 6.92 Å². The molecular weight excluding hydrogens is 366 g/mol. The Balaban J connectivity index is 1.54. The molecule has 0 saturated heterocycles. The van der Waals surface area contributed by atoms with Gasteiger partial charge in [0.25, 0.3) is 0 Å². The normalized spacial score (nSPS) is 20.5. The van der Waals surface area contributed by atoms with Crippen LogP contribution < -0.4 is 15.6 Å². The van der Waals surface area contributed by atoms with Gasteiger partial charge in [0.05, 0.1) is 4.90 Å². The van der Waals surface area contributed by atoms with Crippen LogP contribution in [-0.4, -0.2) is 31.9 Å². The fourth-order valence-corrected chi connectivity index (χ4v) is 4.45. The molecule has 0 bridgehead atoms. The van der Waals surface area contributed by atoms with Crippen molar-refractivity contribution in [2.45, 2.75) is 50.0 Å². The number of amides is 1. The van der Waals surface area contributed by atoms with Crippen molar-refractivity contribution in [1.82, 2.24) is 15.0 Å². The average Bonchev–Trinajstić information content (AvgIpc) is 2.63. The highest BCUT2D eigenvalue weighted by atomic mass is 32.2. The molecule has 27 heavy (non-hydrogen) atoms. The fraction of sp³-hybridized carbons (Fsp3) is 0.474. The molecule has 3 N–H and O–H groups in total. The number of hydrogen-bond donors (Lipinski definition) is 3. The summed E-state index contributed by atoms with van der Waals surface area (Å²) in [4.78, 5) is 26.1. The van der Waals surface area contributed by atoms with E-state index in [9.17, 15) is 18.0 Å². The number of nitrogens with one attached hydrogen (secondary N) is 3. The van der Waals surface area contributed by atoms with Gasteiger partial charge in [-0.3, -0.25) is 9.59 Å². The van der Waals surface area contributed by atoms with Gasteiger partial charge in [-0.05, 0) is 61.3 Å². The Morgan fingerprint density at radius 3 is 2.63 bits per heavy atom. The van der Waals surface area contributed by atoms with E-state index in [0.29, 0.717) is 16.8 Å². The lowest BCUT2D eigenvalue weighted by Crippen LogP contribution is -2.39. The van der Waals surface area contributed by atoms with Crippen molar-refractivity contribution >= 4 is 26.8 Å². The molecule has 1 amide bonds. The number of carbonyl (C=O) groups excluding carboxylic acids is 1. The zero-order chi connectivity index (χ0) is 19.4. The standard InChI is InChI=1S/C19H25N3O4S/c1-13-2-5-15(6-3-13)21-19(24)10-11-20-27(25,26)16-7-8-17-14(12-16)4-9-18(23)22-17/h4,7-9,12-13,15,20H,2-3,5-6,10-11H2,1H3,(H,21,24)(H,22,23). The third-order valence-electron chi connectivity index (χ3n) is 5.03. The van der Waals surface area contributed by atoms with E-state index in [1.807, 2.05) is 0 Å². The number of aromatic nitrogens is 1. The molecule has 1 aliphatic rings. The number of benzene rings is 1. The zero-order valence-electron chi connectivity index (χ0n) is 15.3. The summed E-state index contributed by atoms with van der Waals surface area (Å²) in [5, 5.41) is 3.61. The number of pyridine rings is 1. The maximum atomic E-state index is 12.4. The van der Waals surface area contributed by atoms with Gasteiger partial charge in [0.2, 0.25) is 21.5 Å². The molecule has 1 aliphatic carbocycles. The minimum atomic E-state index is -3.72. The van der Waals surface area contributed by atoms with Crippen molar-refractivity contribution in [2.24, 2.45) is 5.92 Å². The Bertz CT molecular complexity index is 976. The van der Waals surface area contributed by atoms with E-state index in [1.54, 1.807) is 12.1 Å². The lowest BCUT2D eigenvalue weighted by molar-refractivity contribution is -0.121. The van der Waals surface area contributed by atoms with Crippen molar-refractivity contribution in [3.8, 4) is 0 Å². The summed E-state index contributed by atoms with van der Waals surface area (Å²) in [6, 6.07) is 7.62. The van der Waals surface area contributed by atoms with Crippen LogP contribution in [-0.2, 0) is 14.8 Å². The summed E-state index contributed by atoms with van der Waals surface area (Å²) >= 11 is 0. The second-order valence-electron chi connectivity index (χ2n) is 7.24. The maximum absolute atomic E-state index is 12.4. The van der Waals surface area contributed by atoms with Gasteiger partial charge in [0.1, 0.15) is 0 Å². The molecule has 1 fully saturated rings. The minimum Gasteiger partial charge on any atom is -0.353 e. The van der Waals surface area contributed by atoms with Gasteiger partial charge in [-0.25, -0.2) is 13.1 Å². The van der Waals surface area contributed by atoms with Gasteiger partial charge in [-0.2, -0.15) is 0 Å². The summed E-state index contributed by atoms with van der Waals surface area (Å²) in [5.41, 5.74) is 0.331. The van der Waals surface area contributed by atoms with Gasteiger partial charge < -0.3 is 10.3 Å². The molecule has 3 rings (SSSR count). The first-order valence-corrected chi connectivity index (χ1v) is 10.7. The zero-order valence-corrected chi connectivity index (χ0v) is 16.1. The molecule has 0 unspecified atom stereocenters. The number of carbonyl (C=O) groups is 1. The van der Waals surface area contributed by atoms with E-state index in [2.05, 4.69) is 21.9 Å². The Labute approximate surface area is 158 Å². The Morgan fingerprint density at radius 2 is 1.89 bits per heavy atom. The van der Waals surface area contributed by atoms with Crippen molar-refractivity contribution < 1.29 is 13.2 Å². The molecule has 1 saturated carbocycles. The quantitative estimate of drug-likeness (QED) is 0.699. The fourth-order valence-electron chi connectivity index (χ4n) is 3.39. The second kappa shape index (κ2) is 8.22. The molecule has 1 heterocycles. The van der Waals surface area contributed by atoms with Crippen LogP contribution in [0.1, 0.15) is 39.0 Å². The van der Waals surface area contributed by atoms with Gasteiger partial charge in [-0.15, -0.1) is 0 Å². The smallest absolute Gasteiger partial charge is 0.248 e. The maximum Gasteiger partial charge on any atom is 0.248 e. The molecular formula is C19H25N3O4S. The summed E-state index contributed by atoms with van der Waals surface area (Å²) in [5.74, 6) is 0.582. The van der Waals surface area contributed by atoms with Gasteiger partial charge in [0, 0.05) is 30.6 Å². The molecule has 0 aliphatic heterocycles. The van der Waals surface area contributed by atoms with Crippen LogP contribution >= 0.6 is 0 Å². The highest BCUT2D eigenvalue weighted by Crippen LogP contribution is 2.23. The number of fused-ring (bicyclic) bond motifs is 1. The van der Waals surface area contributed by atoms with Gasteiger partial charge in [0.15, 0.2) is 0 Å². The molecule has 1 aromatic carbocycles.